The molecule has 0 amide bonds. The van der Waals surface area contributed by atoms with Gasteiger partial charge >= 0.3 is 0 Å². The fourth-order valence-electron chi connectivity index (χ4n) is 5.79. The van der Waals surface area contributed by atoms with Gasteiger partial charge < -0.3 is 29.6 Å². The first-order chi connectivity index (χ1) is 18.7. The number of anilines is 4. The van der Waals surface area contributed by atoms with Gasteiger partial charge in [0.15, 0.2) is 11.6 Å². The minimum Gasteiger partial charge on any atom is -0.491 e. The summed E-state index contributed by atoms with van der Waals surface area (Å²) in [6, 6.07) is 6.00. The maximum atomic E-state index is 14.4. The van der Waals surface area contributed by atoms with Crippen molar-refractivity contribution in [2.45, 2.75) is 45.1 Å². The Labute approximate surface area is 225 Å². The minimum atomic E-state index is -2.73. The van der Waals surface area contributed by atoms with Crippen molar-refractivity contribution < 1.29 is 18.3 Å². The van der Waals surface area contributed by atoms with Crippen molar-refractivity contribution in [3.63, 3.8) is 0 Å². The highest BCUT2D eigenvalue weighted by Crippen LogP contribution is 2.42. The van der Waals surface area contributed by atoms with E-state index in [0.29, 0.717) is 35.8 Å². The number of methoxy groups -OCH3 is 1. The highest BCUT2D eigenvalue weighted by molar-refractivity contribution is 5.97. The van der Waals surface area contributed by atoms with Gasteiger partial charge in [-0.1, -0.05) is 13.8 Å². The van der Waals surface area contributed by atoms with Crippen molar-refractivity contribution in [1.29, 1.82) is 0 Å². The van der Waals surface area contributed by atoms with E-state index >= 15 is 0 Å². The normalized spacial score (nSPS) is 24.4. The number of aryl methyl sites for hydroxylation is 1. The molecule has 3 atom stereocenters. The highest BCUT2D eigenvalue weighted by Gasteiger charge is 2.47. The van der Waals surface area contributed by atoms with Crippen molar-refractivity contribution in [1.82, 2.24) is 14.5 Å². The molecule has 1 saturated heterocycles. The lowest BCUT2D eigenvalue weighted by Crippen LogP contribution is -2.52. The Morgan fingerprint density at radius 1 is 1.18 bits per heavy atom. The summed E-state index contributed by atoms with van der Waals surface area (Å²) in [6.45, 7) is 3.94. The number of aromatic nitrogens is 3. The van der Waals surface area contributed by atoms with E-state index < -0.39 is 17.8 Å². The van der Waals surface area contributed by atoms with Crippen molar-refractivity contribution >= 4 is 34.0 Å². The maximum Gasteiger partial charge on any atom is 0.295 e. The van der Waals surface area contributed by atoms with E-state index in [1.807, 2.05) is 18.2 Å². The number of nitrogens with zero attached hydrogens (tertiary/aromatic N) is 4. The summed E-state index contributed by atoms with van der Waals surface area (Å²) in [5.74, 6) is -2.20. The number of piperidine rings is 1. The number of rotatable bonds is 5. The standard InChI is InChI=1S/C28H34F2N6O3/c1-15-13-36(14-16(2)28(15,29)30)27-31-12-22(38-4)25(34-27)32-18-7-8-21-19(11-18)23-24(26(37)35(21)3)39-10-9-20(33-23)17-5-6-17/h7-8,11-12,15-17,20,33H,5-6,9-10,13-14H2,1-4H3,(H,31,32,34)/t15-,16+,20-/m1/s1. The first-order valence-corrected chi connectivity index (χ1v) is 13.5. The number of hydrogen-bond donors (Lipinski definition) is 2. The Balaban J connectivity index is 1.36. The topological polar surface area (TPSA) is 93.5 Å². The monoisotopic (exact) mass is 540 g/mol. The number of alkyl halides is 2. The summed E-state index contributed by atoms with van der Waals surface area (Å²) in [4.78, 5) is 24.0. The Bertz CT molecular complexity index is 1460. The van der Waals surface area contributed by atoms with Gasteiger partial charge in [0.2, 0.25) is 11.7 Å². The fourth-order valence-corrected chi connectivity index (χ4v) is 5.79. The summed E-state index contributed by atoms with van der Waals surface area (Å²) in [7, 11) is 3.28. The van der Waals surface area contributed by atoms with Crippen molar-refractivity contribution in [2.75, 3.05) is 42.3 Å². The number of halogens is 2. The number of hydrogen-bond acceptors (Lipinski definition) is 8. The van der Waals surface area contributed by atoms with Crippen LogP contribution in [0.2, 0.25) is 0 Å². The quantitative estimate of drug-likeness (QED) is 0.478. The largest absolute Gasteiger partial charge is 0.491 e. The van der Waals surface area contributed by atoms with Crippen LogP contribution in [0.4, 0.5) is 31.9 Å². The molecule has 0 unspecified atom stereocenters. The van der Waals surface area contributed by atoms with E-state index in [0.717, 1.165) is 28.7 Å². The zero-order valence-corrected chi connectivity index (χ0v) is 22.6. The van der Waals surface area contributed by atoms with E-state index in [1.54, 1.807) is 36.6 Å². The predicted molar refractivity (Wildman–Crippen MR) is 147 cm³/mol. The highest BCUT2D eigenvalue weighted by atomic mass is 19.3. The van der Waals surface area contributed by atoms with Gasteiger partial charge in [0.1, 0.15) is 0 Å². The van der Waals surface area contributed by atoms with Crippen LogP contribution < -0.4 is 30.6 Å². The maximum absolute atomic E-state index is 14.4. The van der Waals surface area contributed by atoms with Crippen LogP contribution in [0.25, 0.3) is 10.9 Å². The third-order valence-corrected chi connectivity index (χ3v) is 8.36. The van der Waals surface area contributed by atoms with Gasteiger partial charge in [-0.2, -0.15) is 4.98 Å². The van der Waals surface area contributed by atoms with Crippen LogP contribution in [0, 0.1) is 17.8 Å². The summed E-state index contributed by atoms with van der Waals surface area (Å²) >= 11 is 0. The molecule has 2 N–H and O–H groups in total. The van der Waals surface area contributed by atoms with Gasteiger partial charge in [-0.05, 0) is 37.0 Å². The second-order valence-electron chi connectivity index (χ2n) is 11.1. The van der Waals surface area contributed by atoms with E-state index in [1.165, 1.54) is 20.0 Å². The molecule has 3 aliphatic rings. The minimum absolute atomic E-state index is 0.160. The second-order valence-corrected chi connectivity index (χ2v) is 11.1. The summed E-state index contributed by atoms with van der Waals surface area (Å²) in [5.41, 5.74) is 2.06. The molecule has 208 valence electrons. The summed E-state index contributed by atoms with van der Waals surface area (Å²) in [5, 5.41) is 7.82. The summed E-state index contributed by atoms with van der Waals surface area (Å²) < 4.78 is 41.9. The first-order valence-electron chi connectivity index (χ1n) is 13.5. The molecule has 0 radical (unpaired) electrons. The molecule has 2 aliphatic heterocycles. The zero-order chi connectivity index (χ0) is 27.5. The van der Waals surface area contributed by atoms with E-state index in [2.05, 4.69) is 20.6 Å². The molecule has 2 aromatic heterocycles. The predicted octanol–water partition coefficient (Wildman–Crippen LogP) is 4.78. The zero-order valence-electron chi connectivity index (χ0n) is 22.6. The number of fused-ring (bicyclic) bond motifs is 3. The van der Waals surface area contributed by atoms with Crippen molar-refractivity contribution in [3.8, 4) is 11.5 Å². The van der Waals surface area contributed by atoms with Gasteiger partial charge in [0, 0.05) is 55.5 Å². The molecular weight excluding hydrogens is 506 g/mol. The van der Waals surface area contributed by atoms with Crippen molar-refractivity contribution in [2.24, 2.45) is 24.8 Å². The average molecular weight is 541 g/mol. The molecule has 0 spiro atoms. The molecule has 11 heteroatoms. The molecule has 6 rings (SSSR count). The van der Waals surface area contributed by atoms with E-state index in [4.69, 9.17) is 9.47 Å². The second kappa shape index (κ2) is 9.53. The van der Waals surface area contributed by atoms with Gasteiger partial charge in [-0.25, -0.2) is 13.8 Å². The molecule has 0 bridgehead atoms. The number of benzene rings is 1. The molecule has 2 fully saturated rings. The smallest absolute Gasteiger partial charge is 0.295 e. The molecule has 9 nitrogen and oxygen atoms in total. The van der Waals surface area contributed by atoms with Gasteiger partial charge in [0.05, 0.1) is 31.1 Å². The molecule has 3 aromatic rings. The van der Waals surface area contributed by atoms with E-state index in [-0.39, 0.29) is 24.7 Å². The Morgan fingerprint density at radius 3 is 2.62 bits per heavy atom. The van der Waals surface area contributed by atoms with Crippen LogP contribution in [-0.4, -0.2) is 53.3 Å². The molecule has 39 heavy (non-hydrogen) atoms. The van der Waals surface area contributed by atoms with Gasteiger partial charge in [-0.15, -0.1) is 0 Å². The SMILES string of the molecule is COc1cnc(N2C[C@@H](C)C(F)(F)[C@@H](C)C2)nc1Nc1ccc2c(c1)c1c(c(=O)n2C)OCC[C@H](C2CC2)N1. The molecule has 1 saturated carbocycles. The molecular formula is C28H34F2N6O3. The molecule has 1 aromatic carbocycles. The number of nitrogens with one attached hydrogen (secondary N) is 2. The van der Waals surface area contributed by atoms with Crippen LogP contribution >= 0.6 is 0 Å². The van der Waals surface area contributed by atoms with Crippen LogP contribution in [0.1, 0.15) is 33.1 Å². The summed E-state index contributed by atoms with van der Waals surface area (Å²) in [6.07, 6.45) is 4.77. The van der Waals surface area contributed by atoms with Crippen LogP contribution in [0.15, 0.2) is 29.2 Å². The van der Waals surface area contributed by atoms with Gasteiger partial charge in [0.25, 0.3) is 11.5 Å². The lowest BCUT2D eigenvalue weighted by Gasteiger charge is -2.41. The Hall–Kier alpha value is -3.63. The Morgan fingerprint density at radius 2 is 1.92 bits per heavy atom. The number of pyridine rings is 1. The average Bonchev–Trinajstić information content (AvgIpc) is 3.77. The molecule has 1 aliphatic carbocycles. The lowest BCUT2D eigenvalue weighted by atomic mass is 9.87. The van der Waals surface area contributed by atoms with E-state index in [9.17, 15) is 13.6 Å². The van der Waals surface area contributed by atoms with Crippen molar-refractivity contribution in [3.05, 3.63) is 34.7 Å². The van der Waals surface area contributed by atoms with Gasteiger partial charge in [-0.3, -0.25) is 4.79 Å². The Kier molecular flexibility index (Phi) is 6.27. The third-order valence-electron chi connectivity index (χ3n) is 8.36. The van der Waals surface area contributed by atoms with Crippen LogP contribution in [-0.2, 0) is 7.05 Å². The van der Waals surface area contributed by atoms with Crippen LogP contribution in [0.5, 0.6) is 11.5 Å². The lowest BCUT2D eigenvalue weighted by molar-refractivity contribution is -0.105. The third kappa shape index (κ3) is 4.51. The molecule has 4 heterocycles. The van der Waals surface area contributed by atoms with Crippen LogP contribution in [0.3, 0.4) is 0 Å². The fraction of sp³-hybridized carbons (Fsp3) is 0.536. The number of ether oxygens (including phenoxy) is 2. The first kappa shape index (κ1) is 25.6.